The number of nitrogens with zero attached hydrogens (tertiary/aromatic N) is 4. The fourth-order valence-electron chi connectivity index (χ4n) is 4.02. The molecule has 0 aliphatic carbocycles. The van der Waals surface area contributed by atoms with Crippen molar-refractivity contribution < 1.29 is 4.79 Å². The SMILES string of the molecule is CN1CCN(Cc2cccc(CNC(=O)Cn3c(=O)n(C)c4ccccc43)c2)CC1. The highest BCUT2D eigenvalue weighted by molar-refractivity contribution is 5.80. The fourth-order valence-corrected chi connectivity index (χ4v) is 4.02. The molecule has 158 valence electrons. The van der Waals surface area contributed by atoms with Gasteiger partial charge >= 0.3 is 5.69 Å². The van der Waals surface area contributed by atoms with Crippen LogP contribution >= 0.6 is 0 Å². The second-order valence-corrected chi connectivity index (χ2v) is 8.09. The van der Waals surface area contributed by atoms with Gasteiger partial charge in [0.25, 0.3) is 0 Å². The average molecular weight is 408 g/mol. The predicted octanol–water partition coefficient (Wildman–Crippen LogP) is 1.40. The third kappa shape index (κ3) is 4.47. The Morgan fingerprint density at radius 1 is 0.933 bits per heavy atom. The number of aryl methyl sites for hydroxylation is 1. The van der Waals surface area contributed by atoms with E-state index in [-0.39, 0.29) is 18.1 Å². The lowest BCUT2D eigenvalue weighted by atomic mass is 10.1. The Hall–Kier alpha value is -2.90. The van der Waals surface area contributed by atoms with Gasteiger partial charge in [-0.05, 0) is 30.3 Å². The predicted molar refractivity (Wildman–Crippen MR) is 118 cm³/mol. The number of carbonyl (C=O) groups is 1. The summed E-state index contributed by atoms with van der Waals surface area (Å²) in [6.45, 7) is 5.76. The molecule has 1 N–H and O–H groups in total. The maximum Gasteiger partial charge on any atom is 0.329 e. The van der Waals surface area contributed by atoms with Crippen molar-refractivity contribution in [2.24, 2.45) is 7.05 Å². The summed E-state index contributed by atoms with van der Waals surface area (Å²) in [6, 6.07) is 15.9. The summed E-state index contributed by atoms with van der Waals surface area (Å²) < 4.78 is 3.10. The van der Waals surface area contributed by atoms with Gasteiger partial charge in [-0.15, -0.1) is 0 Å². The van der Waals surface area contributed by atoms with E-state index in [0.29, 0.717) is 6.54 Å². The summed E-state index contributed by atoms with van der Waals surface area (Å²) in [4.78, 5) is 29.8. The van der Waals surface area contributed by atoms with Gasteiger partial charge in [0.05, 0.1) is 11.0 Å². The minimum Gasteiger partial charge on any atom is -0.350 e. The first-order valence-corrected chi connectivity index (χ1v) is 10.4. The minimum atomic E-state index is -0.180. The first kappa shape index (κ1) is 20.4. The van der Waals surface area contributed by atoms with E-state index in [2.05, 4.69) is 34.3 Å². The molecule has 1 fully saturated rings. The highest BCUT2D eigenvalue weighted by Gasteiger charge is 2.15. The first-order chi connectivity index (χ1) is 14.5. The van der Waals surface area contributed by atoms with E-state index in [0.717, 1.165) is 49.3 Å². The zero-order chi connectivity index (χ0) is 21.1. The molecule has 0 radical (unpaired) electrons. The highest BCUT2D eigenvalue weighted by Crippen LogP contribution is 2.12. The summed E-state index contributed by atoms with van der Waals surface area (Å²) in [5, 5.41) is 2.96. The Labute approximate surface area is 176 Å². The number of carbonyl (C=O) groups excluding carboxylic acids is 1. The minimum absolute atomic E-state index is 0.0151. The Balaban J connectivity index is 1.37. The first-order valence-electron chi connectivity index (χ1n) is 10.4. The summed E-state index contributed by atoms with van der Waals surface area (Å²) in [5.41, 5.74) is 3.75. The third-order valence-electron chi connectivity index (χ3n) is 5.84. The van der Waals surface area contributed by atoms with Crippen molar-refractivity contribution in [3.63, 3.8) is 0 Å². The largest absolute Gasteiger partial charge is 0.350 e. The maximum absolute atomic E-state index is 12.5. The van der Waals surface area contributed by atoms with E-state index in [1.54, 1.807) is 11.6 Å². The summed E-state index contributed by atoms with van der Waals surface area (Å²) in [5.74, 6) is -0.169. The molecule has 1 aliphatic heterocycles. The van der Waals surface area contributed by atoms with Crippen LogP contribution in [0.2, 0.25) is 0 Å². The molecule has 1 amide bonds. The molecule has 0 saturated carbocycles. The van der Waals surface area contributed by atoms with E-state index in [1.807, 2.05) is 36.4 Å². The molecule has 0 spiro atoms. The number of likely N-dealkylation sites (N-methyl/N-ethyl adjacent to an activating group) is 1. The van der Waals surface area contributed by atoms with E-state index in [1.165, 1.54) is 10.1 Å². The number of hydrogen-bond donors (Lipinski definition) is 1. The fraction of sp³-hybridized carbons (Fsp3) is 0.391. The van der Waals surface area contributed by atoms with Crippen molar-refractivity contribution >= 4 is 16.9 Å². The molecular formula is C23H29N5O2. The molecule has 4 rings (SSSR count). The molecule has 0 atom stereocenters. The Kier molecular flexibility index (Phi) is 6.01. The lowest BCUT2D eigenvalue weighted by Crippen LogP contribution is -2.43. The second kappa shape index (κ2) is 8.85. The van der Waals surface area contributed by atoms with Gasteiger partial charge in [0, 0.05) is 46.3 Å². The number of rotatable bonds is 6. The number of benzene rings is 2. The van der Waals surface area contributed by atoms with E-state index < -0.39 is 0 Å². The van der Waals surface area contributed by atoms with Crippen LogP contribution in [0.1, 0.15) is 11.1 Å². The molecule has 0 unspecified atom stereocenters. The van der Waals surface area contributed by atoms with Gasteiger partial charge in [-0.2, -0.15) is 0 Å². The molecule has 1 aliphatic rings. The molecule has 1 aromatic heterocycles. The third-order valence-corrected chi connectivity index (χ3v) is 5.84. The number of hydrogen-bond acceptors (Lipinski definition) is 4. The number of imidazole rings is 1. The van der Waals surface area contributed by atoms with Crippen LogP contribution in [0.25, 0.3) is 11.0 Å². The van der Waals surface area contributed by atoms with E-state index in [4.69, 9.17) is 0 Å². The van der Waals surface area contributed by atoms with Crippen LogP contribution in [0, 0.1) is 0 Å². The summed E-state index contributed by atoms with van der Waals surface area (Å²) in [6.07, 6.45) is 0. The summed E-state index contributed by atoms with van der Waals surface area (Å²) >= 11 is 0. The van der Waals surface area contributed by atoms with Crippen molar-refractivity contribution in [2.45, 2.75) is 19.6 Å². The van der Waals surface area contributed by atoms with Crippen molar-refractivity contribution in [3.05, 3.63) is 70.1 Å². The van der Waals surface area contributed by atoms with Gasteiger partial charge in [0.1, 0.15) is 6.54 Å². The smallest absolute Gasteiger partial charge is 0.329 e. The monoisotopic (exact) mass is 407 g/mol. The molecule has 1 saturated heterocycles. The lowest BCUT2D eigenvalue weighted by molar-refractivity contribution is -0.121. The number of amides is 1. The molecule has 2 heterocycles. The van der Waals surface area contributed by atoms with Crippen LogP contribution in [0.15, 0.2) is 53.3 Å². The molecule has 2 aromatic carbocycles. The van der Waals surface area contributed by atoms with Gasteiger partial charge in [-0.1, -0.05) is 36.4 Å². The molecule has 3 aromatic rings. The highest BCUT2D eigenvalue weighted by atomic mass is 16.2. The van der Waals surface area contributed by atoms with Crippen LogP contribution in [-0.4, -0.2) is 58.1 Å². The molecular weight excluding hydrogens is 378 g/mol. The van der Waals surface area contributed by atoms with Crippen LogP contribution < -0.4 is 11.0 Å². The Bertz CT molecular complexity index is 1090. The number of fused-ring (bicyclic) bond motifs is 1. The van der Waals surface area contributed by atoms with Crippen molar-refractivity contribution in [2.75, 3.05) is 33.2 Å². The number of para-hydroxylation sites is 2. The van der Waals surface area contributed by atoms with Crippen molar-refractivity contribution in [1.82, 2.24) is 24.3 Å². The molecule has 7 nitrogen and oxygen atoms in total. The average Bonchev–Trinajstić information content (AvgIpc) is 2.99. The number of piperazine rings is 1. The Morgan fingerprint density at radius 2 is 1.63 bits per heavy atom. The lowest BCUT2D eigenvalue weighted by Gasteiger charge is -2.32. The van der Waals surface area contributed by atoms with Crippen LogP contribution in [0.5, 0.6) is 0 Å². The topological polar surface area (TPSA) is 62.5 Å². The van der Waals surface area contributed by atoms with Gasteiger partial charge in [0.15, 0.2) is 0 Å². The van der Waals surface area contributed by atoms with E-state index >= 15 is 0 Å². The van der Waals surface area contributed by atoms with Crippen LogP contribution in [0.4, 0.5) is 0 Å². The Morgan fingerprint density at radius 3 is 2.40 bits per heavy atom. The van der Waals surface area contributed by atoms with Gasteiger partial charge in [-0.3, -0.25) is 18.8 Å². The molecule has 30 heavy (non-hydrogen) atoms. The van der Waals surface area contributed by atoms with Crippen LogP contribution in [-0.2, 0) is 31.5 Å². The number of nitrogens with one attached hydrogen (secondary N) is 1. The standard InChI is InChI=1S/C23H29N5O2/c1-25-10-12-27(13-11-25)16-19-7-5-6-18(14-19)15-24-22(29)17-28-21-9-4-3-8-20(21)26(2)23(28)30/h3-9,14H,10-13,15-17H2,1-2H3,(H,24,29). The van der Waals surface area contributed by atoms with E-state index in [9.17, 15) is 9.59 Å². The van der Waals surface area contributed by atoms with Crippen LogP contribution in [0.3, 0.4) is 0 Å². The van der Waals surface area contributed by atoms with Gasteiger partial charge in [-0.25, -0.2) is 4.79 Å². The normalized spacial score (nSPS) is 15.5. The summed E-state index contributed by atoms with van der Waals surface area (Å²) in [7, 11) is 3.89. The van der Waals surface area contributed by atoms with Gasteiger partial charge in [0.2, 0.25) is 5.91 Å². The molecule has 0 bridgehead atoms. The maximum atomic E-state index is 12.5. The number of aromatic nitrogens is 2. The second-order valence-electron chi connectivity index (χ2n) is 8.09. The zero-order valence-electron chi connectivity index (χ0n) is 17.7. The quantitative estimate of drug-likeness (QED) is 0.671. The van der Waals surface area contributed by atoms with Crippen molar-refractivity contribution in [3.8, 4) is 0 Å². The van der Waals surface area contributed by atoms with Gasteiger partial charge < -0.3 is 10.2 Å². The zero-order valence-corrected chi connectivity index (χ0v) is 17.7. The van der Waals surface area contributed by atoms with Crippen molar-refractivity contribution in [1.29, 1.82) is 0 Å². The molecule has 7 heteroatoms.